The van der Waals surface area contributed by atoms with E-state index in [9.17, 15) is 4.79 Å². The monoisotopic (exact) mass is 138 g/mol. The van der Waals surface area contributed by atoms with Crippen LogP contribution in [0.15, 0.2) is 23.8 Å². The molecule has 0 bridgehead atoms. The quantitative estimate of drug-likeness (QED) is 0.547. The molecule has 0 saturated carbocycles. The van der Waals surface area contributed by atoms with Crippen LogP contribution in [0.4, 0.5) is 0 Å². The van der Waals surface area contributed by atoms with Gasteiger partial charge in [-0.1, -0.05) is 19.1 Å². The van der Waals surface area contributed by atoms with Crippen LogP contribution in [-0.2, 0) is 4.79 Å². The van der Waals surface area contributed by atoms with E-state index in [1.165, 1.54) is 0 Å². The van der Waals surface area contributed by atoms with Crippen molar-refractivity contribution in [3.05, 3.63) is 23.8 Å². The average Bonchev–Trinajstić information content (AvgIpc) is 1.87. The molecule has 0 aromatic heterocycles. The van der Waals surface area contributed by atoms with Gasteiger partial charge in [0.05, 0.1) is 0 Å². The Morgan fingerprint density at radius 2 is 2.00 bits per heavy atom. The van der Waals surface area contributed by atoms with Gasteiger partial charge >= 0.3 is 0 Å². The van der Waals surface area contributed by atoms with Crippen molar-refractivity contribution in [3.63, 3.8) is 0 Å². The summed E-state index contributed by atoms with van der Waals surface area (Å²) in [5.74, 6) is 0.0411. The molecule has 0 radical (unpaired) electrons. The standard InChI is InChI=1S/C9H14O/c1-5-8(4)6-9(10)7(2)3/h6H,2,5H2,1,3-4H3. The summed E-state index contributed by atoms with van der Waals surface area (Å²) < 4.78 is 0. The SMILES string of the molecule is C=C(C)C(=O)C=C(C)CC. The summed E-state index contributed by atoms with van der Waals surface area (Å²) in [6.45, 7) is 9.24. The second-order valence-electron chi connectivity index (χ2n) is 2.49. The predicted molar refractivity (Wildman–Crippen MR) is 43.9 cm³/mol. The summed E-state index contributed by atoms with van der Waals surface area (Å²) in [6.07, 6.45) is 2.57. The lowest BCUT2D eigenvalue weighted by Gasteiger charge is -1.93. The van der Waals surface area contributed by atoms with Crippen LogP contribution in [0.1, 0.15) is 27.2 Å². The van der Waals surface area contributed by atoms with E-state index < -0.39 is 0 Å². The first-order valence-corrected chi connectivity index (χ1v) is 3.45. The molecular weight excluding hydrogens is 124 g/mol. The Hall–Kier alpha value is -0.850. The molecule has 0 N–H and O–H groups in total. The Bertz CT molecular complexity index is 175. The maximum atomic E-state index is 10.9. The molecule has 0 aromatic rings. The third-order valence-corrected chi connectivity index (χ3v) is 1.36. The normalized spacial score (nSPS) is 11.3. The number of rotatable bonds is 3. The van der Waals surface area contributed by atoms with Crippen molar-refractivity contribution in [1.29, 1.82) is 0 Å². The number of allylic oxidation sites excluding steroid dienone is 3. The van der Waals surface area contributed by atoms with E-state index in [4.69, 9.17) is 0 Å². The molecule has 0 unspecified atom stereocenters. The van der Waals surface area contributed by atoms with E-state index in [2.05, 4.69) is 6.58 Å². The van der Waals surface area contributed by atoms with Crippen molar-refractivity contribution >= 4 is 5.78 Å². The second kappa shape index (κ2) is 4.04. The number of hydrogen-bond donors (Lipinski definition) is 0. The Morgan fingerprint density at radius 1 is 1.50 bits per heavy atom. The van der Waals surface area contributed by atoms with Crippen molar-refractivity contribution < 1.29 is 4.79 Å². The molecule has 0 aliphatic heterocycles. The molecule has 0 fully saturated rings. The highest BCUT2D eigenvalue weighted by Gasteiger charge is 1.96. The molecule has 0 spiro atoms. The molecule has 56 valence electrons. The highest BCUT2D eigenvalue weighted by atomic mass is 16.1. The summed E-state index contributed by atoms with van der Waals surface area (Å²) >= 11 is 0. The molecule has 1 nitrogen and oxygen atoms in total. The molecule has 0 rings (SSSR count). The van der Waals surface area contributed by atoms with Crippen LogP contribution in [0.3, 0.4) is 0 Å². The fourth-order valence-corrected chi connectivity index (χ4v) is 0.449. The van der Waals surface area contributed by atoms with Crippen LogP contribution in [-0.4, -0.2) is 5.78 Å². The van der Waals surface area contributed by atoms with E-state index in [0.29, 0.717) is 5.57 Å². The highest BCUT2D eigenvalue weighted by molar-refractivity contribution is 6.03. The van der Waals surface area contributed by atoms with Gasteiger partial charge in [-0.25, -0.2) is 0 Å². The summed E-state index contributed by atoms with van der Waals surface area (Å²) in [5, 5.41) is 0. The summed E-state index contributed by atoms with van der Waals surface area (Å²) in [4.78, 5) is 10.9. The van der Waals surface area contributed by atoms with Crippen LogP contribution < -0.4 is 0 Å². The molecule has 10 heavy (non-hydrogen) atoms. The molecule has 0 aromatic carbocycles. The maximum absolute atomic E-state index is 10.9. The van der Waals surface area contributed by atoms with Gasteiger partial charge in [-0.2, -0.15) is 0 Å². The molecule has 0 saturated heterocycles. The van der Waals surface area contributed by atoms with Crippen molar-refractivity contribution in [2.45, 2.75) is 27.2 Å². The van der Waals surface area contributed by atoms with Gasteiger partial charge in [0, 0.05) is 0 Å². The van der Waals surface area contributed by atoms with Gasteiger partial charge in [-0.05, 0) is 31.9 Å². The van der Waals surface area contributed by atoms with Crippen molar-refractivity contribution in [3.8, 4) is 0 Å². The van der Waals surface area contributed by atoms with Crippen LogP contribution in [0, 0.1) is 0 Å². The third-order valence-electron chi connectivity index (χ3n) is 1.36. The van der Waals surface area contributed by atoms with E-state index in [-0.39, 0.29) is 5.78 Å². The van der Waals surface area contributed by atoms with E-state index in [1.54, 1.807) is 13.0 Å². The Morgan fingerprint density at radius 3 is 2.30 bits per heavy atom. The second-order valence-corrected chi connectivity index (χ2v) is 2.49. The minimum Gasteiger partial charge on any atom is -0.290 e. The molecule has 0 amide bonds. The van der Waals surface area contributed by atoms with Crippen molar-refractivity contribution in [2.75, 3.05) is 0 Å². The van der Waals surface area contributed by atoms with Gasteiger partial charge in [-0.15, -0.1) is 0 Å². The van der Waals surface area contributed by atoms with Gasteiger partial charge in [0.15, 0.2) is 5.78 Å². The average molecular weight is 138 g/mol. The zero-order valence-electron chi connectivity index (χ0n) is 6.90. The topological polar surface area (TPSA) is 17.1 Å². The van der Waals surface area contributed by atoms with Gasteiger partial charge in [0.25, 0.3) is 0 Å². The molecule has 0 aliphatic carbocycles. The van der Waals surface area contributed by atoms with Gasteiger partial charge < -0.3 is 0 Å². The first kappa shape index (κ1) is 9.15. The Balaban J connectivity index is 4.13. The molecule has 0 atom stereocenters. The first-order chi connectivity index (χ1) is 4.57. The van der Waals surface area contributed by atoms with Gasteiger partial charge in [-0.3, -0.25) is 4.79 Å². The van der Waals surface area contributed by atoms with Crippen molar-refractivity contribution in [2.24, 2.45) is 0 Å². The Labute approximate surface area is 62.4 Å². The summed E-state index contributed by atoms with van der Waals surface area (Å²) in [6, 6.07) is 0. The van der Waals surface area contributed by atoms with Crippen LogP contribution in [0.25, 0.3) is 0 Å². The van der Waals surface area contributed by atoms with Gasteiger partial charge in [0.1, 0.15) is 0 Å². The number of carbonyl (C=O) groups excluding carboxylic acids is 1. The summed E-state index contributed by atoms with van der Waals surface area (Å²) in [7, 11) is 0. The van der Waals surface area contributed by atoms with Crippen molar-refractivity contribution in [1.82, 2.24) is 0 Å². The smallest absolute Gasteiger partial charge is 0.180 e. The van der Waals surface area contributed by atoms with Crippen LogP contribution >= 0.6 is 0 Å². The Kier molecular flexibility index (Phi) is 3.70. The molecule has 0 heterocycles. The fraction of sp³-hybridized carbons (Fsp3) is 0.444. The highest BCUT2D eigenvalue weighted by Crippen LogP contribution is 2.00. The maximum Gasteiger partial charge on any atom is 0.180 e. The lowest BCUT2D eigenvalue weighted by atomic mass is 10.1. The molecule has 1 heteroatoms. The molecule has 0 aliphatic rings. The lowest BCUT2D eigenvalue weighted by Crippen LogP contribution is -1.93. The summed E-state index contributed by atoms with van der Waals surface area (Å²) in [5.41, 5.74) is 1.71. The zero-order chi connectivity index (χ0) is 8.15. The fourth-order valence-electron chi connectivity index (χ4n) is 0.449. The minimum absolute atomic E-state index is 0.0411. The van der Waals surface area contributed by atoms with Gasteiger partial charge in [0.2, 0.25) is 0 Å². The number of carbonyl (C=O) groups is 1. The first-order valence-electron chi connectivity index (χ1n) is 3.45. The van der Waals surface area contributed by atoms with E-state index in [0.717, 1.165) is 12.0 Å². The van der Waals surface area contributed by atoms with E-state index >= 15 is 0 Å². The lowest BCUT2D eigenvalue weighted by molar-refractivity contribution is -0.111. The minimum atomic E-state index is 0.0411. The molecular formula is C9H14O. The number of hydrogen-bond acceptors (Lipinski definition) is 1. The predicted octanol–water partition coefficient (Wildman–Crippen LogP) is 2.49. The van der Waals surface area contributed by atoms with Crippen LogP contribution in [0.2, 0.25) is 0 Å². The third kappa shape index (κ3) is 3.23. The van der Waals surface area contributed by atoms with Crippen LogP contribution in [0.5, 0.6) is 0 Å². The van der Waals surface area contributed by atoms with E-state index in [1.807, 2.05) is 13.8 Å². The zero-order valence-corrected chi connectivity index (χ0v) is 6.90. The number of ketones is 1. The largest absolute Gasteiger partial charge is 0.290 e.